The molecular weight excluding hydrogens is 451 g/mol. The predicted molar refractivity (Wildman–Crippen MR) is 109 cm³/mol. The molecule has 0 bridgehead atoms. The van der Waals surface area contributed by atoms with E-state index in [0.717, 1.165) is 4.47 Å². The van der Waals surface area contributed by atoms with E-state index in [4.69, 9.17) is 11.6 Å². The highest BCUT2D eigenvalue weighted by molar-refractivity contribution is 9.10. The Bertz CT molecular complexity index is 1080. The highest BCUT2D eigenvalue weighted by atomic mass is 79.9. The average molecular weight is 468 g/mol. The maximum Gasteiger partial charge on any atom is 0.351 e. The summed E-state index contributed by atoms with van der Waals surface area (Å²) in [6, 6.07) is 11.0. The minimum atomic E-state index is -0.579. The molecule has 28 heavy (non-hydrogen) atoms. The molecule has 0 saturated heterocycles. The van der Waals surface area contributed by atoms with Crippen LogP contribution in [0.15, 0.2) is 51.7 Å². The number of hydrogen-bond acceptors (Lipinski definition) is 3. The van der Waals surface area contributed by atoms with Crippen molar-refractivity contribution in [2.24, 2.45) is 0 Å². The van der Waals surface area contributed by atoms with Crippen LogP contribution in [0.2, 0.25) is 5.02 Å². The Kier molecular flexibility index (Phi) is 6.00. The van der Waals surface area contributed by atoms with Gasteiger partial charge in [-0.2, -0.15) is 4.68 Å². The Labute approximate surface area is 174 Å². The van der Waals surface area contributed by atoms with Crippen molar-refractivity contribution < 1.29 is 9.18 Å². The van der Waals surface area contributed by atoms with Crippen LogP contribution in [0.4, 0.5) is 4.39 Å². The summed E-state index contributed by atoms with van der Waals surface area (Å²) in [5.41, 5.74) is 0.471. The van der Waals surface area contributed by atoms with Crippen LogP contribution >= 0.6 is 27.5 Å². The Morgan fingerprint density at radius 1 is 1.25 bits per heavy atom. The minimum absolute atomic E-state index is 0.0755. The largest absolute Gasteiger partial charge is 0.352 e. The van der Waals surface area contributed by atoms with Crippen molar-refractivity contribution in [2.45, 2.75) is 26.4 Å². The Morgan fingerprint density at radius 2 is 1.93 bits per heavy atom. The van der Waals surface area contributed by atoms with Gasteiger partial charge in [-0.1, -0.05) is 27.5 Å². The number of halogens is 3. The van der Waals surface area contributed by atoms with Crippen molar-refractivity contribution in [3.63, 3.8) is 0 Å². The second-order valence-electron chi connectivity index (χ2n) is 6.43. The fourth-order valence-corrected chi connectivity index (χ4v) is 3.09. The van der Waals surface area contributed by atoms with Crippen molar-refractivity contribution in [3.8, 4) is 17.1 Å². The molecule has 1 aromatic heterocycles. The van der Waals surface area contributed by atoms with Crippen LogP contribution in [0.25, 0.3) is 17.1 Å². The molecule has 1 amide bonds. The normalized spacial score (nSPS) is 11.1. The molecule has 0 fully saturated rings. The number of nitrogens with one attached hydrogen (secondary N) is 1. The molecule has 0 aliphatic heterocycles. The van der Waals surface area contributed by atoms with Gasteiger partial charge < -0.3 is 5.32 Å². The summed E-state index contributed by atoms with van der Waals surface area (Å²) in [6.07, 6.45) is 0. The number of aromatic nitrogens is 3. The van der Waals surface area contributed by atoms with Crippen molar-refractivity contribution in [1.29, 1.82) is 0 Å². The van der Waals surface area contributed by atoms with Gasteiger partial charge in [0.25, 0.3) is 0 Å². The van der Waals surface area contributed by atoms with Crippen LogP contribution in [0.1, 0.15) is 13.8 Å². The molecule has 0 saturated carbocycles. The van der Waals surface area contributed by atoms with E-state index in [-0.39, 0.29) is 29.3 Å². The lowest BCUT2D eigenvalue weighted by Crippen LogP contribution is -2.36. The summed E-state index contributed by atoms with van der Waals surface area (Å²) in [4.78, 5) is 25.3. The lowest BCUT2D eigenvalue weighted by Gasteiger charge is -2.10. The molecule has 146 valence electrons. The SMILES string of the molecule is CC(C)NC(=O)Cn1c(-c2ccc(F)c(Cl)c2)nn(-c2ccc(Br)cc2)c1=O. The fraction of sp³-hybridized carbons (Fsp3) is 0.211. The number of benzene rings is 2. The number of amides is 1. The van der Waals surface area contributed by atoms with E-state index in [1.165, 1.54) is 27.4 Å². The summed E-state index contributed by atoms with van der Waals surface area (Å²) in [5, 5.41) is 7.02. The minimum Gasteiger partial charge on any atom is -0.352 e. The van der Waals surface area contributed by atoms with Crippen LogP contribution in [0, 0.1) is 5.82 Å². The standard InChI is InChI=1S/C19H17BrClFN4O2/c1-11(2)23-17(27)10-25-18(12-3-8-16(22)15(21)9-12)24-26(19(25)28)14-6-4-13(20)5-7-14/h3-9,11H,10H2,1-2H3,(H,23,27). The van der Waals surface area contributed by atoms with E-state index in [0.29, 0.717) is 11.3 Å². The summed E-state index contributed by atoms with van der Waals surface area (Å²) in [7, 11) is 0. The molecule has 9 heteroatoms. The molecule has 0 unspecified atom stereocenters. The van der Waals surface area contributed by atoms with E-state index in [1.807, 2.05) is 13.8 Å². The molecule has 0 radical (unpaired) electrons. The zero-order chi connectivity index (χ0) is 20.4. The third-order valence-corrected chi connectivity index (χ3v) is 4.68. The lowest BCUT2D eigenvalue weighted by molar-refractivity contribution is -0.122. The molecule has 6 nitrogen and oxygen atoms in total. The summed E-state index contributed by atoms with van der Waals surface area (Å²) >= 11 is 9.24. The third-order valence-electron chi connectivity index (χ3n) is 3.86. The predicted octanol–water partition coefficient (Wildman–Crippen LogP) is 3.78. The molecule has 3 rings (SSSR count). The van der Waals surface area contributed by atoms with Gasteiger partial charge in [-0.05, 0) is 56.3 Å². The highest BCUT2D eigenvalue weighted by Gasteiger charge is 2.19. The van der Waals surface area contributed by atoms with Gasteiger partial charge in [-0.25, -0.2) is 9.18 Å². The first kappa shape index (κ1) is 20.3. The summed E-state index contributed by atoms with van der Waals surface area (Å²) in [6.45, 7) is 3.43. The van der Waals surface area contributed by atoms with Gasteiger partial charge in [-0.3, -0.25) is 9.36 Å². The molecule has 0 aliphatic carbocycles. The Hall–Kier alpha value is -2.45. The Morgan fingerprint density at radius 3 is 2.54 bits per heavy atom. The summed E-state index contributed by atoms with van der Waals surface area (Å²) in [5.74, 6) is -0.695. The first-order valence-electron chi connectivity index (χ1n) is 8.47. The zero-order valence-corrected chi connectivity index (χ0v) is 17.5. The Balaban J connectivity index is 2.14. The lowest BCUT2D eigenvalue weighted by atomic mass is 10.2. The second-order valence-corrected chi connectivity index (χ2v) is 7.75. The summed E-state index contributed by atoms with van der Waals surface area (Å²) < 4.78 is 16.8. The molecule has 0 aliphatic rings. The molecule has 0 spiro atoms. The maximum absolute atomic E-state index is 13.6. The van der Waals surface area contributed by atoms with Gasteiger partial charge in [0.15, 0.2) is 5.82 Å². The number of carbonyl (C=O) groups excluding carboxylic acids is 1. The van der Waals surface area contributed by atoms with Crippen molar-refractivity contribution in [2.75, 3.05) is 0 Å². The molecule has 1 N–H and O–H groups in total. The van der Waals surface area contributed by atoms with Crippen LogP contribution in [0.5, 0.6) is 0 Å². The van der Waals surface area contributed by atoms with Gasteiger partial charge in [0, 0.05) is 16.1 Å². The first-order valence-corrected chi connectivity index (χ1v) is 9.64. The number of nitrogens with zero attached hydrogens (tertiary/aromatic N) is 3. The number of hydrogen-bond donors (Lipinski definition) is 1. The van der Waals surface area contributed by atoms with Gasteiger partial charge in [0.2, 0.25) is 5.91 Å². The van der Waals surface area contributed by atoms with Crippen LogP contribution < -0.4 is 11.0 Å². The van der Waals surface area contributed by atoms with Crippen molar-refractivity contribution in [1.82, 2.24) is 19.7 Å². The second kappa shape index (κ2) is 8.28. The van der Waals surface area contributed by atoms with E-state index < -0.39 is 11.5 Å². The molecular formula is C19H17BrClFN4O2. The van der Waals surface area contributed by atoms with Gasteiger partial charge in [0.05, 0.1) is 10.7 Å². The van der Waals surface area contributed by atoms with Crippen molar-refractivity contribution in [3.05, 3.63) is 68.3 Å². The van der Waals surface area contributed by atoms with E-state index in [1.54, 1.807) is 24.3 Å². The molecule has 0 atom stereocenters. The van der Waals surface area contributed by atoms with Gasteiger partial charge in [0.1, 0.15) is 12.4 Å². The number of carbonyl (C=O) groups is 1. The van der Waals surface area contributed by atoms with Gasteiger partial charge in [-0.15, -0.1) is 5.10 Å². The first-order chi connectivity index (χ1) is 13.3. The van der Waals surface area contributed by atoms with E-state index in [9.17, 15) is 14.0 Å². The highest BCUT2D eigenvalue weighted by Crippen LogP contribution is 2.24. The number of rotatable bonds is 5. The maximum atomic E-state index is 13.6. The van der Waals surface area contributed by atoms with Gasteiger partial charge >= 0.3 is 5.69 Å². The molecule has 2 aromatic carbocycles. The van der Waals surface area contributed by atoms with Crippen LogP contribution in [0.3, 0.4) is 0 Å². The van der Waals surface area contributed by atoms with E-state index in [2.05, 4.69) is 26.3 Å². The molecule has 3 aromatic rings. The average Bonchev–Trinajstić information content (AvgIpc) is 2.94. The topological polar surface area (TPSA) is 68.9 Å². The molecule has 1 heterocycles. The fourth-order valence-electron chi connectivity index (χ4n) is 2.65. The van der Waals surface area contributed by atoms with Crippen LogP contribution in [-0.4, -0.2) is 26.3 Å². The third kappa shape index (κ3) is 4.34. The quantitative estimate of drug-likeness (QED) is 0.621. The van der Waals surface area contributed by atoms with Crippen LogP contribution in [-0.2, 0) is 11.3 Å². The van der Waals surface area contributed by atoms with Crippen molar-refractivity contribution >= 4 is 33.4 Å². The van der Waals surface area contributed by atoms with E-state index >= 15 is 0 Å². The zero-order valence-electron chi connectivity index (χ0n) is 15.1. The monoisotopic (exact) mass is 466 g/mol. The smallest absolute Gasteiger partial charge is 0.351 e.